The average molecular weight is 292 g/mol. The van der Waals surface area contributed by atoms with E-state index in [0.29, 0.717) is 17.6 Å². The largest absolute Gasteiger partial charge is 0.352 e. The minimum atomic E-state index is 0.467. The number of nitriles is 1. The molecule has 2 aromatic heterocycles. The van der Waals surface area contributed by atoms with Crippen LogP contribution in [0, 0.1) is 18.3 Å². The molecule has 0 spiro atoms. The Bertz CT molecular complexity index is 723. The van der Waals surface area contributed by atoms with Crippen molar-refractivity contribution in [1.29, 1.82) is 5.26 Å². The lowest BCUT2D eigenvalue weighted by atomic mass is 9.87. The van der Waals surface area contributed by atoms with Crippen molar-refractivity contribution < 1.29 is 0 Å². The lowest BCUT2D eigenvalue weighted by Gasteiger charge is -2.57. The highest BCUT2D eigenvalue weighted by molar-refractivity contribution is 5.52. The second-order valence-electron chi connectivity index (χ2n) is 5.89. The van der Waals surface area contributed by atoms with Crippen LogP contribution in [0.3, 0.4) is 0 Å². The van der Waals surface area contributed by atoms with Crippen LogP contribution in [-0.4, -0.2) is 40.1 Å². The second kappa shape index (κ2) is 4.95. The molecular weight excluding hydrogens is 276 g/mol. The SMILES string of the molecule is Cc1cc(N2CC3CC(C2)N3c2ccc(C#N)cn2)ncn1. The van der Waals surface area contributed by atoms with Crippen molar-refractivity contribution in [1.82, 2.24) is 15.0 Å². The molecule has 110 valence electrons. The number of nitrogens with zero attached hydrogens (tertiary/aromatic N) is 6. The van der Waals surface area contributed by atoms with Crippen molar-refractivity contribution in [3.8, 4) is 6.07 Å². The van der Waals surface area contributed by atoms with Gasteiger partial charge in [-0.05, 0) is 25.5 Å². The summed E-state index contributed by atoms with van der Waals surface area (Å²) in [6.45, 7) is 3.89. The summed E-state index contributed by atoms with van der Waals surface area (Å²) in [5, 5.41) is 8.86. The van der Waals surface area contributed by atoms with E-state index in [0.717, 1.165) is 30.4 Å². The maximum absolute atomic E-state index is 8.86. The van der Waals surface area contributed by atoms with Crippen LogP contribution in [0.25, 0.3) is 0 Å². The summed E-state index contributed by atoms with van der Waals surface area (Å²) in [6.07, 6.45) is 4.47. The van der Waals surface area contributed by atoms with Gasteiger partial charge in [-0.25, -0.2) is 15.0 Å². The number of aryl methyl sites for hydroxylation is 1. The van der Waals surface area contributed by atoms with Crippen LogP contribution < -0.4 is 9.80 Å². The first-order valence-electron chi connectivity index (χ1n) is 7.42. The monoisotopic (exact) mass is 292 g/mol. The van der Waals surface area contributed by atoms with E-state index in [1.807, 2.05) is 25.1 Å². The molecule has 3 aliphatic rings. The number of piperazine rings is 1. The molecule has 2 bridgehead atoms. The van der Waals surface area contributed by atoms with Crippen molar-refractivity contribution in [2.24, 2.45) is 0 Å². The topological polar surface area (TPSA) is 68.9 Å². The quantitative estimate of drug-likeness (QED) is 0.836. The summed E-state index contributed by atoms with van der Waals surface area (Å²) in [5.41, 5.74) is 1.60. The van der Waals surface area contributed by atoms with Gasteiger partial charge in [-0.3, -0.25) is 0 Å². The van der Waals surface area contributed by atoms with Crippen LogP contribution in [0.4, 0.5) is 11.6 Å². The number of pyridine rings is 1. The lowest BCUT2D eigenvalue weighted by Crippen LogP contribution is -2.69. The first-order valence-corrected chi connectivity index (χ1v) is 7.42. The fourth-order valence-corrected chi connectivity index (χ4v) is 3.39. The van der Waals surface area contributed by atoms with Crippen LogP contribution in [0.15, 0.2) is 30.7 Å². The fraction of sp³-hybridized carbons (Fsp3) is 0.375. The fourth-order valence-electron chi connectivity index (χ4n) is 3.39. The highest BCUT2D eigenvalue weighted by Crippen LogP contribution is 2.37. The molecule has 0 amide bonds. The zero-order valence-corrected chi connectivity index (χ0v) is 12.3. The summed E-state index contributed by atoms with van der Waals surface area (Å²) < 4.78 is 0. The summed E-state index contributed by atoms with van der Waals surface area (Å²) in [6, 6.07) is 8.86. The highest BCUT2D eigenvalue weighted by atomic mass is 15.4. The van der Waals surface area contributed by atoms with E-state index in [1.54, 1.807) is 12.5 Å². The van der Waals surface area contributed by atoms with Gasteiger partial charge in [0.2, 0.25) is 0 Å². The first kappa shape index (κ1) is 13.0. The molecule has 2 unspecified atom stereocenters. The van der Waals surface area contributed by atoms with E-state index >= 15 is 0 Å². The van der Waals surface area contributed by atoms with Crippen molar-refractivity contribution in [3.63, 3.8) is 0 Å². The van der Waals surface area contributed by atoms with Crippen molar-refractivity contribution in [2.75, 3.05) is 22.9 Å². The standard InChI is InChI=1S/C16H16N6/c1-11-4-16(20-10-19-11)21-8-13-5-14(9-21)22(13)15-3-2-12(6-17)7-18-15/h2-4,7,10,13-14H,5,8-9H2,1H3. The number of anilines is 2. The molecule has 5 rings (SSSR count). The minimum Gasteiger partial charge on any atom is -0.352 e. The molecule has 5 heterocycles. The predicted molar refractivity (Wildman–Crippen MR) is 82.6 cm³/mol. The van der Waals surface area contributed by atoms with Crippen molar-refractivity contribution in [2.45, 2.75) is 25.4 Å². The Labute approximate surface area is 129 Å². The van der Waals surface area contributed by atoms with Crippen LogP contribution in [0.2, 0.25) is 0 Å². The zero-order valence-electron chi connectivity index (χ0n) is 12.3. The number of hydrogen-bond acceptors (Lipinski definition) is 6. The third kappa shape index (κ3) is 2.06. The molecule has 0 aromatic carbocycles. The normalized spacial score (nSPS) is 22.9. The number of aromatic nitrogens is 3. The third-order valence-corrected chi connectivity index (χ3v) is 4.45. The molecule has 6 heteroatoms. The summed E-state index contributed by atoms with van der Waals surface area (Å²) >= 11 is 0. The minimum absolute atomic E-state index is 0.467. The Hall–Kier alpha value is -2.68. The molecule has 3 saturated heterocycles. The first-order chi connectivity index (χ1) is 10.7. The van der Waals surface area contributed by atoms with E-state index in [-0.39, 0.29) is 0 Å². The molecule has 0 aliphatic carbocycles. The molecular formula is C16H16N6. The van der Waals surface area contributed by atoms with Gasteiger partial charge in [0.1, 0.15) is 24.0 Å². The van der Waals surface area contributed by atoms with Crippen LogP contribution in [-0.2, 0) is 0 Å². The molecule has 0 N–H and O–H groups in total. The number of rotatable bonds is 2. The summed E-state index contributed by atoms with van der Waals surface area (Å²) in [4.78, 5) is 17.7. The molecule has 2 aromatic rings. The maximum Gasteiger partial charge on any atom is 0.132 e. The molecule has 3 aliphatic heterocycles. The smallest absolute Gasteiger partial charge is 0.132 e. The van der Waals surface area contributed by atoms with E-state index in [9.17, 15) is 0 Å². The van der Waals surface area contributed by atoms with Crippen molar-refractivity contribution in [3.05, 3.63) is 42.0 Å². The van der Waals surface area contributed by atoms with Gasteiger partial charge in [0.15, 0.2) is 0 Å². The zero-order chi connectivity index (χ0) is 15.1. The highest BCUT2D eigenvalue weighted by Gasteiger charge is 2.45. The third-order valence-electron chi connectivity index (χ3n) is 4.45. The maximum atomic E-state index is 8.86. The van der Waals surface area contributed by atoms with E-state index in [1.165, 1.54) is 6.42 Å². The van der Waals surface area contributed by atoms with E-state index in [2.05, 4.69) is 30.8 Å². The van der Waals surface area contributed by atoms with Gasteiger partial charge in [0, 0.05) is 31.0 Å². The van der Waals surface area contributed by atoms with E-state index in [4.69, 9.17) is 5.26 Å². The molecule has 3 fully saturated rings. The average Bonchev–Trinajstić information content (AvgIpc) is 2.55. The van der Waals surface area contributed by atoms with Gasteiger partial charge in [-0.15, -0.1) is 0 Å². The Morgan fingerprint density at radius 2 is 1.95 bits per heavy atom. The number of hydrogen-bond donors (Lipinski definition) is 0. The molecule has 6 nitrogen and oxygen atoms in total. The van der Waals surface area contributed by atoms with Crippen molar-refractivity contribution >= 4 is 11.6 Å². The van der Waals surface area contributed by atoms with Crippen LogP contribution in [0.1, 0.15) is 17.7 Å². The Kier molecular flexibility index (Phi) is 2.93. The van der Waals surface area contributed by atoms with Gasteiger partial charge < -0.3 is 9.80 Å². The number of piperidine rings is 1. The van der Waals surface area contributed by atoms with Gasteiger partial charge in [-0.1, -0.05) is 0 Å². The lowest BCUT2D eigenvalue weighted by molar-refractivity contribution is 0.288. The molecule has 22 heavy (non-hydrogen) atoms. The Morgan fingerprint density at radius 3 is 2.59 bits per heavy atom. The predicted octanol–water partition coefficient (Wildman–Crippen LogP) is 1.52. The molecule has 2 atom stereocenters. The Balaban J connectivity index is 1.51. The Morgan fingerprint density at radius 1 is 1.14 bits per heavy atom. The van der Waals surface area contributed by atoms with Crippen LogP contribution >= 0.6 is 0 Å². The summed E-state index contributed by atoms with van der Waals surface area (Å²) in [5.74, 6) is 1.98. The summed E-state index contributed by atoms with van der Waals surface area (Å²) in [7, 11) is 0. The second-order valence-corrected chi connectivity index (χ2v) is 5.89. The van der Waals surface area contributed by atoms with Gasteiger partial charge in [-0.2, -0.15) is 5.26 Å². The van der Waals surface area contributed by atoms with Gasteiger partial charge in [0.25, 0.3) is 0 Å². The number of fused-ring (bicyclic) bond motifs is 2. The molecule has 0 saturated carbocycles. The van der Waals surface area contributed by atoms with Crippen LogP contribution in [0.5, 0.6) is 0 Å². The van der Waals surface area contributed by atoms with Gasteiger partial charge >= 0.3 is 0 Å². The molecule has 0 radical (unpaired) electrons. The van der Waals surface area contributed by atoms with Gasteiger partial charge in [0.05, 0.1) is 17.6 Å². The van der Waals surface area contributed by atoms with E-state index < -0.39 is 0 Å².